The van der Waals surface area contributed by atoms with Crippen molar-refractivity contribution in [3.05, 3.63) is 17.5 Å². The Kier molecular flexibility index (Phi) is 7.04. The maximum Gasteiger partial charge on any atom is 0.409 e. The minimum absolute atomic E-state index is 0.0441. The third-order valence-electron chi connectivity index (χ3n) is 3.97. The number of nitrogens with one attached hydrogen (secondary N) is 1. The first-order chi connectivity index (χ1) is 14.0. The van der Waals surface area contributed by atoms with Gasteiger partial charge in [0.15, 0.2) is 10.0 Å². The molecule has 156 valence electrons. The highest BCUT2D eigenvalue weighted by atomic mass is 32.2. The SMILES string of the molecule is CCOC(=O)N1CCN(C(=O)CSc2nnc(NC(=O)c3cc(C)on3)s2)CC1. The first-order valence-corrected chi connectivity index (χ1v) is 10.7. The normalized spacial score (nSPS) is 14.0. The van der Waals surface area contributed by atoms with Crippen molar-refractivity contribution in [1.29, 1.82) is 0 Å². The van der Waals surface area contributed by atoms with E-state index in [1.807, 2.05) is 0 Å². The van der Waals surface area contributed by atoms with Crippen LogP contribution in [0.2, 0.25) is 0 Å². The van der Waals surface area contributed by atoms with Gasteiger partial charge in [0.25, 0.3) is 5.91 Å². The fourth-order valence-corrected chi connectivity index (χ4v) is 4.17. The Labute approximate surface area is 174 Å². The van der Waals surface area contributed by atoms with E-state index in [-0.39, 0.29) is 23.4 Å². The van der Waals surface area contributed by atoms with Crippen LogP contribution in [0.25, 0.3) is 0 Å². The van der Waals surface area contributed by atoms with Crippen LogP contribution in [0.1, 0.15) is 23.2 Å². The van der Waals surface area contributed by atoms with Gasteiger partial charge in [-0.1, -0.05) is 28.3 Å². The van der Waals surface area contributed by atoms with Crippen LogP contribution in [0.4, 0.5) is 9.93 Å². The Morgan fingerprint density at radius 3 is 2.62 bits per heavy atom. The molecule has 11 nitrogen and oxygen atoms in total. The maximum absolute atomic E-state index is 12.4. The average Bonchev–Trinajstić information content (AvgIpc) is 3.35. The summed E-state index contributed by atoms with van der Waals surface area (Å²) in [6, 6.07) is 1.52. The van der Waals surface area contributed by atoms with Crippen LogP contribution in [-0.4, -0.2) is 81.6 Å². The predicted octanol–water partition coefficient (Wildman–Crippen LogP) is 1.48. The molecule has 0 aromatic carbocycles. The molecule has 3 amide bonds. The highest BCUT2D eigenvalue weighted by Crippen LogP contribution is 2.26. The Bertz CT molecular complexity index is 877. The second-order valence-corrected chi connectivity index (χ2v) is 8.21. The molecule has 1 aliphatic rings. The van der Waals surface area contributed by atoms with Crippen LogP contribution < -0.4 is 5.32 Å². The molecule has 0 bridgehead atoms. The van der Waals surface area contributed by atoms with Crippen LogP contribution >= 0.6 is 23.1 Å². The molecular formula is C16H20N6O5S2. The summed E-state index contributed by atoms with van der Waals surface area (Å²) in [5.74, 6) is 0.248. The molecule has 1 fully saturated rings. The highest BCUT2D eigenvalue weighted by Gasteiger charge is 2.25. The van der Waals surface area contributed by atoms with Crippen molar-refractivity contribution in [3.63, 3.8) is 0 Å². The quantitative estimate of drug-likeness (QED) is 0.524. The van der Waals surface area contributed by atoms with Crippen molar-refractivity contribution >= 4 is 46.1 Å². The van der Waals surface area contributed by atoms with Crippen molar-refractivity contribution in [2.24, 2.45) is 0 Å². The lowest BCUT2D eigenvalue weighted by Crippen LogP contribution is -2.51. The molecule has 0 radical (unpaired) electrons. The molecule has 0 unspecified atom stereocenters. The smallest absolute Gasteiger partial charge is 0.409 e. The number of amides is 3. The first kappa shape index (κ1) is 21.0. The van der Waals surface area contributed by atoms with E-state index in [2.05, 4.69) is 20.7 Å². The monoisotopic (exact) mass is 440 g/mol. The second-order valence-electron chi connectivity index (χ2n) is 6.01. The molecular weight excluding hydrogens is 420 g/mol. The van der Waals surface area contributed by atoms with Gasteiger partial charge in [0.05, 0.1) is 12.4 Å². The van der Waals surface area contributed by atoms with E-state index in [1.54, 1.807) is 23.6 Å². The van der Waals surface area contributed by atoms with Crippen molar-refractivity contribution in [3.8, 4) is 0 Å². The molecule has 0 saturated carbocycles. The molecule has 29 heavy (non-hydrogen) atoms. The number of nitrogens with zero attached hydrogens (tertiary/aromatic N) is 5. The Morgan fingerprint density at radius 1 is 1.24 bits per heavy atom. The highest BCUT2D eigenvalue weighted by molar-refractivity contribution is 8.01. The summed E-state index contributed by atoms with van der Waals surface area (Å²) >= 11 is 2.42. The zero-order valence-corrected chi connectivity index (χ0v) is 17.5. The summed E-state index contributed by atoms with van der Waals surface area (Å²) in [4.78, 5) is 39.4. The van der Waals surface area contributed by atoms with Gasteiger partial charge in [0, 0.05) is 32.2 Å². The van der Waals surface area contributed by atoms with Crippen LogP contribution in [-0.2, 0) is 9.53 Å². The third kappa shape index (κ3) is 5.67. The minimum Gasteiger partial charge on any atom is -0.450 e. The van der Waals surface area contributed by atoms with E-state index in [9.17, 15) is 14.4 Å². The molecule has 1 saturated heterocycles. The van der Waals surface area contributed by atoms with Crippen LogP contribution in [0.15, 0.2) is 14.9 Å². The van der Waals surface area contributed by atoms with Crippen molar-refractivity contribution in [2.45, 2.75) is 18.2 Å². The third-order valence-corrected chi connectivity index (χ3v) is 5.92. The van der Waals surface area contributed by atoms with Gasteiger partial charge in [-0.25, -0.2) is 4.79 Å². The maximum atomic E-state index is 12.4. The van der Waals surface area contributed by atoms with Crippen molar-refractivity contribution < 1.29 is 23.6 Å². The molecule has 0 aliphatic carbocycles. The molecule has 3 rings (SSSR count). The number of thioether (sulfide) groups is 1. The van der Waals surface area contributed by atoms with Crippen molar-refractivity contribution in [1.82, 2.24) is 25.2 Å². The van der Waals surface area contributed by atoms with Gasteiger partial charge < -0.3 is 19.1 Å². The summed E-state index contributed by atoms with van der Waals surface area (Å²) < 4.78 is 10.4. The minimum atomic E-state index is -0.440. The largest absolute Gasteiger partial charge is 0.450 e. The molecule has 0 atom stereocenters. The van der Waals surface area contributed by atoms with Gasteiger partial charge in [0.2, 0.25) is 11.0 Å². The zero-order chi connectivity index (χ0) is 20.8. The number of aromatic nitrogens is 3. The van der Waals surface area contributed by atoms with Gasteiger partial charge in [0.1, 0.15) is 5.76 Å². The number of carbonyl (C=O) groups is 3. The zero-order valence-electron chi connectivity index (χ0n) is 15.9. The van der Waals surface area contributed by atoms with Crippen LogP contribution in [0, 0.1) is 6.92 Å². The van der Waals surface area contributed by atoms with E-state index in [0.717, 1.165) is 0 Å². The molecule has 13 heteroatoms. The average molecular weight is 441 g/mol. The first-order valence-electron chi connectivity index (χ1n) is 8.86. The van der Waals surface area contributed by atoms with E-state index >= 15 is 0 Å². The molecule has 2 aromatic heterocycles. The van der Waals surface area contributed by atoms with E-state index in [1.165, 1.54) is 29.2 Å². The number of rotatable bonds is 6. The summed E-state index contributed by atoms with van der Waals surface area (Å²) in [5, 5.41) is 14.4. The number of hydrogen-bond donors (Lipinski definition) is 1. The van der Waals surface area contributed by atoms with Crippen LogP contribution in [0.5, 0.6) is 0 Å². The number of anilines is 1. The molecule has 1 N–H and O–H groups in total. The van der Waals surface area contributed by atoms with E-state index in [4.69, 9.17) is 9.26 Å². The van der Waals surface area contributed by atoms with Gasteiger partial charge >= 0.3 is 6.09 Å². The lowest BCUT2D eigenvalue weighted by Gasteiger charge is -2.33. The lowest BCUT2D eigenvalue weighted by molar-refractivity contribution is -0.129. The lowest BCUT2D eigenvalue weighted by atomic mass is 10.3. The van der Waals surface area contributed by atoms with Gasteiger partial charge in [-0.2, -0.15) is 0 Å². The number of aryl methyl sites for hydroxylation is 1. The second kappa shape index (κ2) is 9.69. The Balaban J connectivity index is 1.43. The predicted molar refractivity (Wildman–Crippen MR) is 105 cm³/mol. The number of carbonyl (C=O) groups excluding carboxylic acids is 3. The molecule has 0 spiro atoms. The van der Waals surface area contributed by atoms with Crippen molar-refractivity contribution in [2.75, 3.05) is 43.9 Å². The van der Waals surface area contributed by atoms with Crippen LogP contribution in [0.3, 0.4) is 0 Å². The number of piperazine rings is 1. The number of hydrogen-bond acceptors (Lipinski definition) is 10. The molecule has 2 aromatic rings. The molecule has 3 heterocycles. The standard InChI is InChI=1S/C16H20N6O5S2/c1-3-26-16(25)22-6-4-21(5-7-22)12(23)9-28-15-19-18-14(29-15)17-13(24)11-8-10(2)27-20-11/h8H,3-7,9H2,1-2H3,(H,17,18,24). The Hall–Kier alpha value is -2.67. The van der Waals surface area contributed by atoms with E-state index in [0.29, 0.717) is 48.0 Å². The van der Waals surface area contributed by atoms with Gasteiger partial charge in [-0.3, -0.25) is 14.9 Å². The number of ether oxygens (including phenoxy) is 1. The topological polar surface area (TPSA) is 131 Å². The van der Waals surface area contributed by atoms with Gasteiger partial charge in [-0.05, 0) is 13.8 Å². The summed E-state index contributed by atoms with van der Waals surface area (Å²) in [7, 11) is 0. The summed E-state index contributed by atoms with van der Waals surface area (Å²) in [5.41, 5.74) is 0.157. The molecule has 1 aliphatic heterocycles. The van der Waals surface area contributed by atoms with Gasteiger partial charge in [-0.15, -0.1) is 10.2 Å². The fourth-order valence-electron chi connectivity index (χ4n) is 2.52. The fraction of sp³-hybridized carbons (Fsp3) is 0.500. The summed E-state index contributed by atoms with van der Waals surface area (Å²) in [6.45, 7) is 5.61. The summed E-state index contributed by atoms with van der Waals surface area (Å²) in [6.07, 6.45) is -0.349. The Morgan fingerprint density at radius 2 is 1.97 bits per heavy atom. The van der Waals surface area contributed by atoms with E-state index < -0.39 is 5.91 Å².